The number of carbonyl (C=O) groups is 2. The van der Waals surface area contributed by atoms with E-state index in [1.54, 1.807) is 11.8 Å². The van der Waals surface area contributed by atoms with E-state index in [9.17, 15) is 9.59 Å². The van der Waals surface area contributed by atoms with Crippen LogP contribution in [0.4, 0.5) is 0 Å². The van der Waals surface area contributed by atoms with Gasteiger partial charge in [0.2, 0.25) is 0 Å². The van der Waals surface area contributed by atoms with Gasteiger partial charge in [-0.15, -0.1) is 0 Å². The van der Waals surface area contributed by atoms with E-state index >= 15 is 0 Å². The highest BCUT2D eigenvalue weighted by Gasteiger charge is 2.08. The molecule has 0 aliphatic rings. The molecule has 0 fully saturated rings. The fourth-order valence-corrected chi connectivity index (χ4v) is 1.02. The van der Waals surface area contributed by atoms with Crippen LogP contribution in [0.5, 0.6) is 0 Å². The average Bonchev–Trinajstić information content (AvgIpc) is 2.23. The lowest BCUT2D eigenvalue weighted by Gasteiger charge is -2.02. The molecule has 1 atom stereocenters. The van der Waals surface area contributed by atoms with E-state index in [0.717, 1.165) is 5.75 Å². The van der Waals surface area contributed by atoms with Crippen molar-refractivity contribution in [2.24, 2.45) is 22.2 Å². The van der Waals surface area contributed by atoms with Gasteiger partial charge < -0.3 is 27.4 Å². The first kappa shape index (κ1) is 17.9. The monoisotopic (exact) mass is 266 g/mol. The van der Waals surface area contributed by atoms with E-state index in [1.165, 1.54) is 0 Å². The standard InChI is InChI=1S/C5H11NO2S.C3H7N3O2/c1-9-3-2-4(6)5(7)8;4-3(5)6-1-2(7)8/h4H,2-3,6H2,1H3,(H,7,8);1H2,(H,7,8)(H4,4,5,6). The van der Waals surface area contributed by atoms with E-state index < -0.39 is 18.0 Å². The Morgan fingerprint density at radius 1 is 1.35 bits per heavy atom. The SMILES string of the molecule is CSCCC(N)C(=O)O.NC(N)=NCC(=O)O. The smallest absolute Gasteiger partial charge is 0.325 e. The molecule has 0 saturated carbocycles. The molecule has 0 amide bonds. The number of guanidine groups is 1. The molecule has 0 aliphatic heterocycles. The minimum Gasteiger partial charge on any atom is -0.480 e. The number of aliphatic imine (C=N–C) groups is 1. The largest absolute Gasteiger partial charge is 0.480 e. The van der Waals surface area contributed by atoms with Gasteiger partial charge in [0.15, 0.2) is 5.96 Å². The third-order valence-corrected chi connectivity index (χ3v) is 1.99. The number of nitrogens with two attached hydrogens (primary N) is 3. The Balaban J connectivity index is 0. The van der Waals surface area contributed by atoms with E-state index in [2.05, 4.69) is 4.99 Å². The summed E-state index contributed by atoms with van der Waals surface area (Å²) in [5, 5.41) is 16.2. The summed E-state index contributed by atoms with van der Waals surface area (Å²) in [4.78, 5) is 23.0. The van der Waals surface area contributed by atoms with Gasteiger partial charge in [-0.1, -0.05) is 0 Å². The number of rotatable bonds is 6. The molecular weight excluding hydrogens is 248 g/mol. The Kier molecular flexibility index (Phi) is 11.6. The first-order valence-corrected chi connectivity index (χ1v) is 5.95. The Bertz CT molecular complexity index is 268. The molecule has 1 unspecified atom stereocenters. The number of carboxylic acids is 2. The van der Waals surface area contributed by atoms with Crippen molar-refractivity contribution >= 4 is 29.7 Å². The zero-order chi connectivity index (χ0) is 13.8. The zero-order valence-electron chi connectivity index (χ0n) is 9.50. The van der Waals surface area contributed by atoms with Gasteiger partial charge in [0.1, 0.15) is 12.6 Å². The summed E-state index contributed by atoms with van der Waals surface area (Å²) in [7, 11) is 0. The molecule has 0 aromatic rings. The van der Waals surface area contributed by atoms with Crippen LogP contribution in [0.2, 0.25) is 0 Å². The summed E-state index contributed by atoms with van der Waals surface area (Å²) in [6, 6.07) is -0.683. The fraction of sp³-hybridized carbons (Fsp3) is 0.625. The van der Waals surface area contributed by atoms with Gasteiger partial charge >= 0.3 is 11.9 Å². The first-order chi connectivity index (χ1) is 7.81. The van der Waals surface area contributed by atoms with Crippen LogP contribution in [-0.4, -0.2) is 52.7 Å². The van der Waals surface area contributed by atoms with Gasteiger partial charge in [0, 0.05) is 0 Å². The lowest BCUT2D eigenvalue weighted by Crippen LogP contribution is -2.30. The first-order valence-electron chi connectivity index (χ1n) is 4.55. The number of hydrogen-bond donors (Lipinski definition) is 5. The van der Waals surface area contributed by atoms with Crippen LogP contribution in [0.1, 0.15) is 6.42 Å². The molecule has 0 aromatic heterocycles. The van der Waals surface area contributed by atoms with Crippen LogP contribution in [-0.2, 0) is 9.59 Å². The highest BCUT2D eigenvalue weighted by atomic mass is 32.2. The van der Waals surface area contributed by atoms with Crippen LogP contribution in [0.15, 0.2) is 4.99 Å². The quantitative estimate of drug-likeness (QED) is 0.286. The molecule has 0 rings (SSSR count). The van der Waals surface area contributed by atoms with E-state index in [-0.39, 0.29) is 12.5 Å². The second-order valence-corrected chi connectivity index (χ2v) is 3.85. The summed E-state index contributed by atoms with van der Waals surface area (Å²) in [5.74, 6) is -1.34. The third-order valence-electron chi connectivity index (χ3n) is 1.35. The van der Waals surface area contributed by atoms with Crippen molar-refractivity contribution in [1.29, 1.82) is 0 Å². The lowest BCUT2D eigenvalue weighted by atomic mass is 10.2. The summed E-state index contributed by atoms with van der Waals surface area (Å²) >= 11 is 1.60. The van der Waals surface area contributed by atoms with E-state index in [1.807, 2.05) is 6.26 Å². The van der Waals surface area contributed by atoms with Crippen LogP contribution in [0.25, 0.3) is 0 Å². The highest BCUT2D eigenvalue weighted by molar-refractivity contribution is 7.98. The predicted molar refractivity (Wildman–Crippen MR) is 66.9 cm³/mol. The Morgan fingerprint density at radius 3 is 2.12 bits per heavy atom. The molecule has 17 heavy (non-hydrogen) atoms. The number of nitrogens with zero attached hydrogens (tertiary/aromatic N) is 1. The Hall–Kier alpha value is -1.48. The maximum atomic E-state index is 10.1. The molecule has 0 heterocycles. The van der Waals surface area contributed by atoms with Crippen LogP contribution in [0, 0.1) is 0 Å². The zero-order valence-corrected chi connectivity index (χ0v) is 10.3. The predicted octanol–water partition coefficient (Wildman–Crippen LogP) is -1.50. The molecule has 9 heteroatoms. The minimum atomic E-state index is -1.04. The van der Waals surface area contributed by atoms with E-state index in [4.69, 9.17) is 27.4 Å². The molecule has 0 saturated heterocycles. The molecule has 0 aliphatic carbocycles. The molecular formula is C8H18N4O4S. The molecule has 8 nitrogen and oxygen atoms in total. The molecule has 0 spiro atoms. The minimum absolute atomic E-state index is 0.201. The Labute approximate surface area is 103 Å². The maximum absolute atomic E-state index is 10.1. The summed E-state index contributed by atoms with van der Waals surface area (Å²) < 4.78 is 0. The molecule has 0 bridgehead atoms. The molecule has 0 radical (unpaired) electrons. The van der Waals surface area contributed by atoms with Gasteiger partial charge in [-0.3, -0.25) is 9.59 Å². The van der Waals surface area contributed by atoms with Crippen molar-refractivity contribution in [3.8, 4) is 0 Å². The van der Waals surface area contributed by atoms with Gasteiger partial charge in [-0.25, -0.2) is 4.99 Å². The van der Waals surface area contributed by atoms with Crippen molar-refractivity contribution < 1.29 is 19.8 Å². The van der Waals surface area contributed by atoms with Crippen molar-refractivity contribution in [3.63, 3.8) is 0 Å². The second-order valence-electron chi connectivity index (χ2n) is 2.86. The van der Waals surface area contributed by atoms with Crippen molar-refractivity contribution in [3.05, 3.63) is 0 Å². The van der Waals surface area contributed by atoms with Crippen LogP contribution in [0.3, 0.4) is 0 Å². The molecule has 0 aromatic carbocycles. The third kappa shape index (κ3) is 17.2. The average molecular weight is 266 g/mol. The van der Waals surface area contributed by atoms with Crippen molar-refractivity contribution in [2.75, 3.05) is 18.6 Å². The maximum Gasteiger partial charge on any atom is 0.325 e. The lowest BCUT2D eigenvalue weighted by molar-refractivity contribution is -0.138. The number of thioether (sulfide) groups is 1. The number of carboxylic acid groups (broad SMARTS) is 2. The molecule has 100 valence electrons. The van der Waals surface area contributed by atoms with Crippen molar-refractivity contribution in [1.82, 2.24) is 0 Å². The van der Waals surface area contributed by atoms with Crippen LogP contribution < -0.4 is 17.2 Å². The normalized spacial score (nSPS) is 10.7. The summed E-state index contributed by atoms with van der Waals surface area (Å²) in [6.45, 7) is -0.359. The van der Waals surface area contributed by atoms with Gasteiger partial charge in [-0.2, -0.15) is 11.8 Å². The van der Waals surface area contributed by atoms with Crippen molar-refractivity contribution in [2.45, 2.75) is 12.5 Å². The molecule has 8 N–H and O–H groups in total. The van der Waals surface area contributed by atoms with Gasteiger partial charge in [-0.05, 0) is 18.4 Å². The summed E-state index contributed by atoms with van der Waals surface area (Å²) in [5.41, 5.74) is 14.8. The second kappa shape index (κ2) is 11.0. The van der Waals surface area contributed by atoms with Gasteiger partial charge in [0.25, 0.3) is 0 Å². The topological polar surface area (TPSA) is 165 Å². The van der Waals surface area contributed by atoms with E-state index in [0.29, 0.717) is 6.42 Å². The Morgan fingerprint density at radius 2 is 1.88 bits per heavy atom. The van der Waals surface area contributed by atoms with Crippen LogP contribution >= 0.6 is 11.8 Å². The fourth-order valence-electron chi connectivity index (χ4n) is 0.527. The summed E-state index contributed by atoms with van der Waals surface area (Å²) in [6.07, 6.45) is 2.48. The number of aliphatic carboxylic acids is 2. The van der Waals surface area contributed by atoms with Gasteiger partial charge in [0.05, 0.1) is 0 Å². The highest BCUT2D eigenvalue weighted by Crippen LogP contribution is 1.97. The number of hydrogen-bond acceptors (Lipinski definition) is 5.